The van der Waals surface area contributed by atoms with Crippen molar-refractivity contribution < 1.29 is 0 Å². The van der Waals surface area contributed by atoms with Crippen molar-refractivity contribution in [2.24, 2.45) is 0 Å². The van der Waals surface area contributed by atoms with Gasteiger partial charge >= 0.3 is 41.9 Å². The summed E-state index contributed by atoms with van der Waals surface area (Å²) >= 11 is 0. The molecule has 0 aliphatic carbocycles. The summed E-state index contributed by atoms with van der Waals surface area (Å²) in [7, 11) is 2.90. The Bertz CT molecular complexity index is 38.7. The van der Waals surface area contributed by atoms with Crippen LogP contribution in [0.4, 0.5) is 0 Å². The zero-order valence-corrected chi connectivity index (χ0v) is 7.07. The van der Waals surface area contributed by atoms with E-state index in [2.05, 4.69) is 35.6 Å². The van der Waals surface area contributed by atoms with Crippen LogP contribution in [0.25, 0.3) is 0 Å². The minimum absolute atomic E-state index is 1.13. The van der Waals surface area contributed by atoms with Gasteiger partial charge in [0.1, 0.15) is 0 Å². The molecule has 0 aromatic rings. The Morgan fingerprint density at radius 2 is 1.00 bits per heavy atom. The van der Waals surface area contributed by atoms with Crippen LogP contribution >= 0.6 is 15.2 Å². The molecular formula is C4H14P2. The summed E-state index contributed by atoms with van der Waals surface area (Å²) in [6, 6.07) is 0. The predicted molar refractivity (Wildman–Crippen MR) is 40.3 cm³/mol. The minimum atomic E-state index is -1.13. The summed E-state index contributed by atoms with van der Waals surface area (Å²) in [6.07, 6.45) is -1.13. The fourth-order valence-corrected chi connectivity index (χ4v) is 0. The van der Waals surface area contributed by atoms with Crippen molar-refractivity contribution in [3.05, 3.63) is 0 Å². The second-order valence-electron chi connectivity index (χ2n) is 3.72. The third kappa shape index (κ3) is 97.9. The molecule has 0 heterocycles. The Hall–Kier alpha value is 0.860. The second kappa shape index (κ2) is 1.17. The van der Waals surface area contributed by atoms with Gasteiger partial charge in [0, 0.05) is 0 Å². The van der Waals surface area contributed by atoms with Crippen LogP contribution in [0.15, 0.2) is 0 Å². The van der Waals surface area contributed by atoms with Gasteiger partial charge in [0.15, 0.2) is 0 Å². The second-order valence-corrected chi connectivity index (χ2v) is 17.3. The molecule has 2 heteroatoms. The molecule has 0 N–H and O–H groups in total. The zero-order chi connectivity index (χ0) is 5.45. The van der Waals surface area contributed by atoms with Crippen LogP contribution in [-0.2, 0) is 0 Å². The van der Waals surface area contributed by atoms with Gasteiger partial charge in [-0.25, -0.2) is 0 Å². The molecule has 0 fully saturated rings. The normalized spacial score (nSPS) is 19.2. The first kappa shape index (κ1) is 6.86. The zero-order valence-electron chi connectivity index (χ0n) is 5.02. The van der Waals surface area contributed by atoms with Crippen LogP contribution in [0.1, 0.15) is 0 Å². The summed E-state index contributed by atoms with van der Waals surface area (Å²) in [4.78, 5) is 0. The van der Waals surface area contributed by atoms with E-state index in [0.29, 0.717) is 0 Å². The van der Waals surface area contributed by atoms with Gasteiger partial charge in [-0.3, -0.25) is 0 Å². The van der Waals surface area contributed by atoms with Crippen LogP contribution in [0.2, 0.25) is 0 Å². The maximum atomic E-state index is 2.90. The summed E-state index contributed by atoms with van der Waals surface area (Å²) in [5.74, 6) is 0. The third-order valence-electron chi connectivity index (χ3n) is 0. The molecule has 1 atom stereocenters. The van der Waals surface area contributed by atoms with Crippen molar-refractivity contribution in [3.8, 4) is 0 Å². The van der Waals surface area contributed by atoms with Crippen molar-refractivity contribution in [2.45, 2.75) is 0 Å². The first-order valence-corrected chi connectivity index (χ1v) is 7.69. The molecule has 40 valence electrons. The average Bonchev–Trinajstić information content (AvgIpc) is 0.650. The molecule has 0 saturated heterocycles. The summed E-state index contributed by atoms with van der Waals surface area (Å²) < 4.78 is 0. The van der Waals surface area contributed by atoms with E-state index in [1.807, 2.05) is 0 Å². The van der Waals surface area contributed by atoms with Crippen LogP contribution in [0.5, 0.6) is 0 Å². The van der Waals surface area contributed by atoms with Gasteiger partial charge in [-0.05, 0) is 0 Å². The van der Waals surface area contributed by atoms with Crippen LogP contribution in [0, 0.1) is 0 Å². The Kier molecular flexibility index (Phi) is 1.34. The Morgan fingerprint density at radius 3 is 1.00 bits per heavy atom. The summed E-state index contributed by atoms with van der Waals surface area (Å²) in [5, 5.41) is 0. The molecule has 0 radical (unpaired) electrons. The topological polar surface area (TPSA) is 0 Å². The van der Waals surface area contributed by atoms with Crippen molar-refractivity contribution in [3.63, 3.8) is 0 Å². The van der Waals surface area contributed by atoms with Gasteiger partial charge in [0.05, 0.1) is 0 Å². The van der Waals surface area contributed by atoms with Crippen molar-refractivity contribution in [1.82, 2.24) is 0 Å². The van der Waals surface area contributed by atoms with Crippen molar-refractivity contribution in [2.75, 3.05) is 26.7 Å². The van der Waals surface area contributed by atoms with E-state index >= 15 is 0 Å². The molecule has 0 rings (SSSR count). The van der Waals surface area contributed by atoms with E-state index in [0.717, 1.165) is 0 Å². The standard InChI is InChI=1S/C4H14P2/c1-6(2,3,4)5/h5H2,1-4H3. The SMILES string of the molecule is CP(C)(C)(C)P. The molecule has 0 aliphatic heterocycles. The van der Waals surface area contributed by atoms with Gasteiger partial charge in [-0.2, -0.15) is 0 Å². The first-order chi connectivity index (χ1) is 2.24. The van der Waals surface area contributed by atoms with E-state index < -0.39 is 6.29 Å². The number of hydrogen-bond acceptors (Lipinski definition) is 0. The van der Waals surface area contributed by atoms with Gasteiger partial charge in [0.25, 0.3) is 0 Å². The van der Waals surface area contributed by atoms with E-state index in [9.17, 15) is 0 Å². The van der Waals surface area contributed by atoms with E-state index in [-0.39, 0.29) is 0 Å². The van der Waals surface area contributed by atoms with E-state index in [1.165, 1.54) is 0 Å². The molecule has 1 unspecified atom stereocenters. The van der Waals surface area contributed by atoms with Crippen molar-refractivity contribution in [1.29, 1.82) is 0 Å². The van der Waals surface area contributed by atoms with Crippen molar-refractivity contribution >= 4 is 15.2 Å². The Balaban J connectivity index is 3.73. The number of hydrogen-bond donors (Lipinski definition) is 0. The van der Waals surface area contributed by atoms with Gasteiger partial charge in [0.2, 0.25) is 0 Å². The van der Waals surface area contributed by atoms with Gasteiger partial charge in [-0.1, -0.05) is 0 Å². The molecule has 6 heavy (non-hydrogen) atoms. The first-order valence-electron chi connectivity index (χ1n) is 2.05. The molecular weight excluding hydrogens is 110 g/mol. The van der Waals surface area contributed by atoms with Crippen LogP contribution < -0.4 is 0 Å². The summed E-state index contributed by atoms with van der Waals surface area (Å²) in [6.45, 7) is 9.21. The summed E-state index contributed by atoms with van der Waals surface area (Å²) in [5.41, 5.74) is 0. The fraction of sp³-hybridized carbons (Fsp3) is 1.00. The van der Waals surface area contributed by atoms with Crippen LogP contribution in [-0.4, -0.2) is 26.7 Å². The Labute approximate surface area is 42.7 Å². The molecule has 0 aromatic heterocycles. The monoisotopic (exact) mass is 124 g/mol. The molecule has 0 bridgehead atoms. The molecule has 0 aromatic carbocycles. The Morgan fingerprint density at radius 1 is 1.00 bits per heavy atom. The molecule has 0 saturated carbocycles. The average molecular weight is 124 g/mol. The van der Waals surface area contributed by atoms with E-state index in [4.69, 9.17) is 0 Å². The third-order valence-corrected chi connectivity index (χ3v) is 0. The van der Waals surface area contributed by atoms with Gasteiger partial charge in [-0.15, -0.1) is 0 Å². The van der Waals surface area contributed by atoms with E-state index in [1.54, 1.807) is 0 Å². The molecule has 0 spiro atoms. The maximum absolute atomic E-state index is 2.90. The predicted octanol–water partition coefficient (Wildman–Crippen LogP) is 1.85. The number of rotatable bonds is 0. The fourth-order valence-electron chi connectivity index (χ4n) is 0. The molecule has 0 nitrogen and oxygen atoms in total. The molecule has 0 aliphatic rings. The van der Waals surface area contributed by atoms with Gasteiger partial charge < -0.3 is 0 Å². The van der Waals surface area contributed by atoms with Crippen LogP contribution in [0.3, 0.4) is 0 Å². The molecule has 0 amide bonds. The quantitative estimate of drug-likeness (QED) is 0.432.